The second kappa shape index (κ2) is 7.31. The summed E-state index contributed by atoms with van der Waals surface area (Å²) >= 11 is 0. The predicted octanol–water partition coefficient (Wildman–Crippen LogP) is 2.77. The predicted molar refractivity (Wildman–Crippen MR) is 111 cm³/mol. The number of hydrogen-bond donors (Lipinski definition) is 3. The van der Waals surface area contributed by atoms with Gasteiger partial charge in [-0.1, -0.05) is 12.1 Å². The Bertz CT molecular complexity index is 1340. The molecule has 1 aliphatic rings. The molecule has 1 aliphatic heterocycles. The third-order valence-electron chi connectivity index (χ3n) is 5.12. The summed E-state index contributed by atoms with van der Waals surface area (Å²) in [7, 11) is 0. The minimum Gasteiger partial charge on any atom is -0.369 e. The van der Waals surface area contributed by atoms with E-state index in [4.69, 9.17) is 5.73 Å². The highest BCUT2D eigenvalue weighted by Crippen LogP contribution is 2.29. The van der Waals surface area contributed by atoms with Crippen molar-refractivity contribution in [3.63, 3.8) is 0 Å². The zero-order valence-corrected chi connectivity index (χ0v) is 16.2. The van der Waals surface area contributed by atoms with E-state index in [1.807, 2.05) is 6.07 Å². The number of primary amides is 1. The first-order chi connectivity index (χ1) is 15.0. The molecule has 2 aromatic heterocycles. The summed E-state index contributed by atoms with van der Waals surface area (Å²) < 4.78 is 29.0. The fourth-order valence-electron chi connectivity index (χ4n) is 3.69. The molecule has 0 bridgehead atoms. The summed E-state index contributed by atoms with van der Waals surface area (Å²) in [6.07, 6.45) is 2.15. The van der Waals surface area contributed by atoms with Crippen LogP contribution in [0, 0.1) is 11.6 Å². The van der Waals surface area contributed by atoms with Crippen LogP contribution in [0.2, 0.25) is 0 Å². The summed E-state index contributed by atoms with van der Waals surface area (Å²) in [5, 5.41) is 11.1. The monoisotopic (exact) mass is 421 g/mol. The molecule has 5 rings (SSSR count). The van der Waals surface area contributed by atoms with Crippen LogP contribution in [0.15, 0.2) is 42.6 Å². The number of fused-ring (bicyclic) bond motifs is 2. The third-order valence-corrected chi connectivity index (χ3v) is 5.12. The van der Waals surface area contributed by atoms with Crippen molar-refractivity contribution in [2.75, 3.05) is 17.2 Å². The fourth-order valence-corrected chi connectivity index (χ4v) is 3.69. The van der Waals surface area contributed by atoms with Gasteiger partial charge in [0.1, 0.15) is 23.3 Å². The number of rotatable bonds is 5. The van der Waals surface area contributed by atoms with Crippen molar-refractivity contribution in [2.45, 2.75) is 13.0 Å². The first-order valence-electron chi connectivity index (χ1n) is 9.60. The molecular weight excluding hydrogens is 404 g/mol. The topological polar surface area (TPSA) is 111 Å². The summed E-state index contributed by atoms with van der Waals surface area (Å²) in [6, 6.07) is 8.61. The van der Waals surface area contributed by atoms with Gasteiger partial charge in [0.15, 0.2) is 0 Å². The van der Waals surface area contributed by atoms with Gasteiger partial charge in [0.2, 0.25) is 5.91 Å². The molecule has 0 saturated carbocycles. The SMILES string of the molecule is NC(=O)c1cc(F)cc2c1cnn2-c1nc2c(c(NCc3cccc(F)c3)n1)CCN2. The highest BCUT2D eigenvalue weighted by molar-refractivity contribution is 6.05. The zero-order chi connectivity index (χ0) is 21.5. The third kappa shape index (κ3) is 3.41. The number of nitrogens with one attached hydrogen (secondary N) is 2. The van der Waals surface area contributed by atoms with Gasteiger partial charge in [-0.3, -0.25) is 4.79 Å². The maximum Gasteiger partial charge on any atom is 0.255 e. The molecule has 0 atom stereocenters. The normalized spacial score (nSPS) is 12.6. The number of hydrogen-bond acceptors (Lipinski definition) is 6. The lowest BCUT2D eigenvalue weighted by Crippen LogP contribution is -2.12. The van der Waals surface area contributed by atoms with Crippen LogP contribution in [0.4, 0.5) is 20.4 Å². The van der Waals surface area contributed by atoms with Crippen LogP contribution >= 0.6 is 0 Å². The van der Waals surface area contributed by atoms with Gasteiger partial charge in [-0.2, -0.15) is 19.7 Å². The number of halogens is 2. The Balaban J connectivity index is 1.58. The van der Waals surface area contributed by atoms with Crippen molar-refractivity contribution in [1.29, 1.82) is 0 Å². The Morgan fingerprint density at radius 3 is 2.87 bits per heavy atom. The summed E-state index contributed by atoms with van der Waals surface area (Å²) in [6.45, 7) is 1.06. The van der Waals surface area contributed by atoms with Crippen LogP contribution < -0.4 is 16.4 Å². The number of benzene rings is 2. The Morgan fingerprint density at radius 1 is 1.19 bits per heavy atom. The number of amides is 1. The molecule has 4 N–H and O–H groups in total. The minimum atomic E-state index is -0.752. The van der Waals surface area contributed by atoms with E-state index in [0.717, 1.165) is 23.6 Å². The van der Waals surface area contributed by atoms with Crippen LogP contribution in [-0.2, 0) is 13.0 Å². The van der Waals surface area contributed by atoms with E-state index in [1.165, 1.54) is 29.1 Å². The summed E-state index contributed by atoms with van der Waals surface area (Å²) in [4.78, 5) is 20.8. The van der Waals surface area contributed by atoms with Gasteiger partial charge >= 0.3 is 0 Å². The van der Waals surface area contributed by atoms with Gasteiger partial charge in [-0.05, 0) is 30.2 Å². The minimum absolute atomic E-state index is 0.0324. The molecule has 10 heteroatoms. The maximum atomic E-state index is 14.1. The standard InChI is InChI=1S/C21H17F2N7O/c22-12-3-1-2-11(6-12)9-26-20-14-4-5-25-19(14)28-21(29-20)30-17-8-13(23)7-15(18(24)31)16(17)10-27-30/h1-3,6-8,10H,4-5,9H2,(H2,24,31)(H2,25,26,28,29). The Labute approximate surface area is 175 Å². The van der Waals surface area contributed by atoms with Crippen molar-refractivity contribution in [3.05, 3.63) is 70.9 Å². The molecule has 0 aliphatic carbocycles. The summed E-state index contributed by atoms with van der Waals surface area (Å²) in [5.41, 5.74) is 7.40. The fraction of sp³-hybridized carbons (Fsp3) is 0.143. The molecule has 0 spiro atoms. The van der Waals surface area contributed by atoms with E-state index in [0.29, 0.717) is 35.6 Å². The van der Waals surface area contributed by atoms with E-state index in [1.54, 1.807) is 6.07 Å². The van der Waals surface area contributed by atoms with Crippen molar-refractivity contribution < 1.29 is 13.6 Å². The molecule has 1 amide bonds. The molecule has 31 heavy (non-hydrogen) atoms. The zero-order valence-electron chi connectivity index (χ0n) is 16.2. The molecule has 0 fully saturated rings. The quantitative estimate of drug-likeness (QED) is 0.457. The number of anilines is 2. The van der Waals surface area contributed by atoms with Gasteiger partial charge in [0.25, 0.3) is 5.95 Å². The number of aromatic nitrogens is 4. The van der Waals surface area contributed by atoms with Crippen LogP contribution in [-0.4, -0.2) is 32.2 Å². The Morgan fingerprint density at radius 2 is 2.06 bits per heavy atom. The van der Waals surface area contributed by atoms with Crippen molar-refractivity contribution in [3.8, 4) is 5.95 Å². The molecule has 0 unspecified atom stereocenters. The number of carbonyl (C=O) groups excluding carboxylic acids is 1. The molecule has 8 nitrogen and oxygen atoms in total. The van der Waals surface area contributed by atoms with Crippen LogP contribution in [0.25, 0.3) is 16.9 Å². The molecule has 2 aromatic carbocycles. The lowest BCUT2D eigenvalue weighted by atomic mass is 10.1. The first-order valence-corrected chi connectivity index (χ1v) is 9.60. The number of nitrogens with zero attached hydrogens (tertiary/aromatic N) is 4. The lowest BCUT2D eigenvalue weighted by molar-refractivity contribution is 0.100. The van der Waals surface area contributed by atoms with E-state index in [-0.39, 0.29) is 17.3 Å². The second-order valence-corrected chi connectivity index (χ2v) is 7.17. The second-order valence-electron chi connectivity index (χ2n) is 7.17. The van der Waals surface area contributed by atoms with Crippen LogP contribution in [0.1, 0.15) is 21.5 Å². The van der Waals surface area contributed by atoms with E-state index in [2.05, 4.69) is 25.7 Å². The van der Waals surface area contributed by atoms with Crippen molar-refractivity contribution in [2.24, 2.45) is 5.73 Å². The van der Waals surface area contributed by atoms with Gasteiger partial charge in [0, 0.05) is 30.1 Å². The molecule has 4 aromatic rings. The first kappa shape index (κ1) is 18.9. The Kier molecular flexibility index (Phi) is 4.46. The van der Waals surface area contributed by atoms with E-state index >= 15 is 0 Å². The van der Waals surface area contributed by atoms with Gasteiger partial charge in [0.05, 0.1) is 17.3 Å². The largest absolute Gasteiger partial charge is 0.369 e. The van der Waals surface area contributed by atoms with Crippen molar-refractivity contribution in [1.82, 2.24) is 19.7 Å². The van der Waals surface area contributed by atoms with Gasteiger partial charge in [-0.25, -0.2) is 8.78 Å². The van der Waals surface area contributed by atoms with E-state index in [9.17, 15) is 13.6 Å². The highest BCUT2D eigenvalue weighted by Gasteiger charge is 2.22. The average Bonchev–Trinajstić information content (AvgIpc) is 3.38. The van der Waals surface area contributed by atoms with E-state index < -0.39 is 11.7 Å². The van der Waals surface area contributed by atoms with Gasteiger partial charge in [-0.15, -0.1) is 0 Å². The molecule has 0 radical (unpaired) electrons. The molecule has 156 valence electrons. The highest BCUT2D eigenvalue weighted by atomic mass is 19.1. The van der Waals surface area contributed by atoms with Crippen molar-refractivity contribution >= 4 is 28.4 Å². The average molecular weight is 421 g/mol. The smallest absolute Gasteiger partial charge is 0.255 e. The van der Waals surface area contributed by atoms with Gasteiger partial charge < -0.3 is 16.4 Å². The summed E-state index contributed by atoms with van der Waals surface area (Å²) in [5.74, 6) is -0.271. The number of nitrogens with two attached hydrogens (primary N) is 1. The molecular formula is C21H17F2N7O. The lowest BCUT2D eigenvalue weighted by Gasteiger charge is -2.12. The number of carbonyl (C=O) groups is 1. The maximum absolute atomic E-state index is 14.1. The Hall–Kier alpha value is -4.08. The van der Waals surface area contributed by atoms with Crippen LogP contribution in [0.3, 0.4) is 0 Å². The molecule has 3 heterocycles. The molecule has 0 saturated heterocycles. The van der Waals surface area contributed by atoms with Crippen LogP contribution in [0.5, 0.6) is 0 Å².